The number of rotatable bonds is 5. The molecule has 154 valence electrons. The molecule has 0 radical (unpaired) electrons. The highest BCUT2D eigenvalue weighted by Crippen LogP contribution is 2.28. The maximum absolute atomic E-state index is 13.0. The summed E-state index contributed by atoms with van der Waals surface area (Å²) in [6, 6.07) is 14.5. The number of carbonyl (C=O) groups excluding carboxylic acids is 1. The van der Waals surface area contributed by atoms with E-state index in [9.17, 15) is 4.79 Å². The molecule has 1 aromatic heterocycles. The van der Waals surface area contributed by atoms with Gasteiger partial charge >= 0.3 is 0 Å². The normalized spacial score (nSPS) is 20.8. The first-order chi connectivity index (χ1) is 14.3. The molecule has 2 fully saturated rings. The van der Waals surface area contributed by atoms with E-state index < -0.39 is 0 Å². The van der Waals surface area contributed by atoms with Crippen molar-refractivity contribution in [3.63, 3.8) is 0 Å². The zero-order chi connectivity index (χ0) is 19.9. The van der Waals surface area contributed by atoms with Crippen LogP contribution in [0.5, 0.6) is 0 Å². The lowest BCUT2D eigenvalue weighted by atomic mass is 9.92. The largest absolute Gasteiger partial charge is 0.381 e. The van der Waals surface area contributed by atoms with Gasteiger partial charge in [-0.25, -0.2) is 4.98 Å². The van der Waals surface area contributed by atoms with Crippen molar-refractivity contribution >= 4 is 11.7 Å². The van der Waals surface area contributed by atoms with Crippen LogP contribution in [0.2, 0.25) is 0 Å². The van der Waals surface area contributed by atoms with Crippen LogP contribution in [0.4, 0.5) is 5.82 Å². The average Bonchev–Trinajstić information content (AvgIpc) is 3.05. The molecule has 0 bridgehead atoms. The van der Waals surface area contributed by atoms with Crippen LogP contribution in [0.3, 0.4) is 0 Å². The van der Waals surface area contributed by atoms with E-state index in [4.69, 9.17) is 4.74 Å². The number of pyridine rings is 1. The molecular weight excluding hydrogens is 362 g/mol. The second-order valence-corrected chi connectivity index (χ2v) is 8.20. The predicted molar refractivity (Wildman–Crippen MR) is 115 cm³/mol. The molecule has 2 saturated heterocycles. The first kappa shape index (κ1) is 19.9. The molecule has 1 N–H and O–H groups in total. The van der Waals surface area contributed by atoms with Gasteiger partial charge in [0.1, 0.15) is 5.82 Å². The number of aromatic nitrogens is 1. The van der Waals surface area contributed by atoms with Crippen LogP contribution >= 0.6 is 0 Å². The van der Waals surface area contributed by atoms with Gasteiger partial charge in [-0.1, -0.05) is 30.3 Å². The van der Waals surface area contributed by atoms with Gasteiger partial charge in [-0.3, -0.25) is 4.79 Å². The molecular formula is C24H31N3O2. The Morgan fingerprint density at radius 2 is 1.86 bits per heavy atom. The van der Waals surface area contributed by atoms with Gasteiger partial charge in [0.25, 0.3) is 5.91 Å². The van der Waals surface area contributed by atoms with E-state index >= 15 is 0 Å². The summed E-state index contributed by atoms with van der Waals surface area (Å²) < 4.78 is 5.41. The number of amides is 1. The Morgan fingerprint density at radius 3 is 2.62 bits per heavy atom. The van der Waals surface area contributed by atoms with Gasteiger partial charge in [0.2, 0.25) is 0 Å². The number of anilines is 1. The maximum atomic E-state index is 13.0. The van der Waals surface area contributed by atoms with E-state index in [1.165, 1.54) is 5.56 Å². The second-order valence-electron chi connectivity index (χ2n) is 8.20. The van der Waals surface area contributed by atoms with Gasteiger partial charge in [0, 0.05) is 39.0 Å². The molecule has 0 spiro atoms. The molecule has 0 saturated carbocycles. The van der Waals surface area contributed by atoms with Gasteiger partial charge in [0.05, 0.1) is 5.56 Å². The third kappa shape index (κ3) is 5.36. The molecule has 1 aromatic carbocycles. The Hall–Kier alpha value is -2.40. The van der Waals surface area contributed by atoms with Crippen LogP contribution < -0.4 is 5.32 Å². The minimum Gasteiger partial charge on any atom is -0.381 e. The van der Waals surface area contributed by atoms with Gasteiger partial charge in [-0.15, -0.1) is 0 Å². The molecule has 2 aromatic rings. The van der Waals surface area contributed by atoms with E-state index in [1.54, 1.807) is 6.20 Å². The van der Waals surface area contributed by atoms with Crippen LogP contribution in [-0.2, 0) is 4.74 Å². The number of nitrogens with zero attached hydrogens (tertiary/aromatic N) is 2. The van der Waals surface area contributed by atoms with Crippen molar-refractivity contribution in [2.75, 3.05) is 38.2 Å². The van der Waals surface area contributed by atoms with Crippen LogP contribution in [0.25, 0.3) is 0 Å². The molecule has 5 nitrogen and oxygen atoms in total. The highest BCUT2D eigenvalue weighted by atomic mass is 16.5. The molecule has 1 amide bonds. The SMILES string of the molecule is O=C(c1ccc(NCC2CCOCC2)nc1)N1CCCC(c2ccccc2)CC1. The lowest BCUT2D eigenvalue weighted by Crippen LogP contribution is -2.32. The summed E-state index contributed by atoms with van der Waals surface area (Å²) in [6.45, 7) is 4.26. The van der Waals surface area contributed by atoms with Crippen LogP contribution in [0.15, 0.2) is 48.7 Å². The minimum atomic E-state index is 0.0993. The van der Waals surface area contributed by atoms with E-state index in [-0.39, 0.29) is 5.91 Å². The number of benzene rings is 1. The Bertz CT molecular complexity index is 772. The molecule has 2 aliphatic heterocycles. The summed E-state index contributed by atoms with van der Waals surface area (Å²) in [5, 5.41) is 3.40. The predicted octanol–water partition coefficient (Wildman–Crippen LogP) is 4.33. The summed E-state index contributed by atoms with van der Waals surface area (Å²) in [5.41, 5.74) is 2.07. The zero-order valence-electron chi connectivity index (χ0n) is 17.1. The number of likely N-dealkylation sites (tertiary alicyclic amines) is 1. The lowest BCUT2D eigenvalue weighted by Gasteiger charge is -2.22. The molecule has 5 heteroatoms. The van der Waals surface area contributed by atoms with Crippen molar-refractivity contribution in [1.29, 1.82) is 0 Å². The second kappa shape index (κ2) is 9.88. The smallest absolute Gasteiger partial charge is 0.255 e. The van der Waals surface area contributed by atoms with Crippen molar-refractivity contribution in [1.82, 2.24) is 9.88 Å². The Balaban J connectivity index is 1.30. The van der Waals surface area contributed by atoms with Crippen molar-refractivity contribution in [3.05, 3.63) is 59.8 Å². The molecule has 1 unspecified atom stereocenters. The van der Waals surface area contributed by atoms with Crippen molar-refractivity contribution in [2.45, 2.75) is 38.0 Å². The Kier molecular flexibility index (Phi) is 6.78. The molecule has 4 rings (SSSR count). The lowest BCUT2D eigenvalue weighted by molar-refractivity contribution is 0.0699. The molecule has 0 aliphatic carbocycles. The molecule has 29 heavy (non-hydrogen) atoms. The fourth-order valence-corrected chi connectivity index (χ4v) is 4.36. The van der Waals surface area contributed by atoms with Crippen molar-refractivity contribution in [2.24, 2.45) is 5.92 Å². The van der Waals surface area contributed by atoms with Crippen LogP contribution in [0.1, 0.15) is 53.9 Å². The highest BCUT2D eigenvalue weighted by molar-refractivity contribution is 5.94. The first-order valence-electron chi connectivity index (χ1n) is 10.9. The number of hydrogen-bond donors (Lipinski definition) is 1. The molecule has 2 aliphatic rings. The van der Waals surface area contributed by atoms with Gasteiger partial charge in [-0.2, -0.15) is 0 Å². The minimum absolute atomic E-state index is 0.0993. The van der Waals surface area contributed by atoms with Gasteiger partial charge < -0.3 is 15.0 Å². The third-order valence-electron chi connectivity index (χ3n) is 6.21. The molecule has 3 heterocycles. The first-order valence-corrected chi connectivity index (χ1v) is 10.9. The fourth-order valence-electron chi connectivity index (χ4n) is 4.36. The molecule has 1 atom stereocenters. The number of nitrogens with one attached hydrogen (secondary N) is 1. The highest BCUT2D eigenvalue weighted by Gasteiger charge is 2.22. The van der Waals surface area contributed by atoms with E-state index in [1.807, 2.05) is 17.0 Å². The van der Waals surface area contributed by atoms with Crippen molar-refractivity contribution in [3.8, 4) is 0 Å². The standard InChI is InChI=1S/C24H31N3O2/c28-24(27-13-4-7-21(10-14-27)20-5-2-1-3-6-20)22-8-9-23(26-18-22)25-17-19-11-15-29-16-12-19/h1-3,5-6,8-9,18-19,21H,4,7,10-17H2,(H,25,26). The quantitative estimate of drug-likeness (QED) is 0.821. The summed E-state index contributed by atoms with van der Waals surface area (Å²) >= 11 is 0. The summed E-state index contributed by atoms with van der Waals surface area (Å²) in [4.78, 5) is 19.4. The Labute approximate surface area is 173 Å². The summed E-state index contributed by atoms with van der Waals surface area (Å²) in [7, 11) is 0. The van der Waals surface area contributed by atoms with Crippen LogP contribution in [0, 0.1) is 5.92 Å². The maximum Gasteiger partial charge on any atom is 0.255 e. The van der Waals surface area contributed by atoms with Crippen molar-refractivity contribution < 1.29 is 9.53 Å². The van der Waals surface area contributed by atoms with E-state index in [0.29, 0.717) is 17.4 Å². The van der Waals surface area contributed by atoms with Gasteiger partial charge in [0.15, 0.2) is 0 Å². The third-order valence-corrected chi connectivity index (χ3v) is 6.21. The number of ether oxygens (including phenoxy) is 1. The summed E-state index contributed by atoms with van der Waals surface area (Å²) in [6.07, 6.45) is 7.12. The fraction of sp³-hybridized carbons (Fsp3) is 0.500. The number of hydrogen-bond acceptors (Lipinski definition) is 4. The van der Waals surface area contributed by atoms with E-state index in [2.05, 4.69) is 40.6 Å². The van der Waals surface area contributed by atoms with Gasteiger partial charge in [-0.05, 0) is 61.6 Å². The topological polar surface area (TPSA) is 54.5 Å². The number of carbonyl (C=O) groups is 1. The zero-order valence-corrected chi connectivity index (χ0v) is 17.1. The monoisotopic (exact) mass is 393 g/mol. The summed E-state index contributed by atoms with van der Waals surface area (Å²) in [5.74, 6) is 2.13. The van der Waals surface area contributed by atoms with Crippen LogP contribution in [-0.4, -0.2) is 48.6 Å². The Morgan fingerprint density at radius 1 is 1.03 bits per heavy atom. The van der Waals surface area contributed by atoms with E-state index in [0.717, 1.165) is 70.8 Å². The average molecular weight is 394 g/mol.